The van der Waals surface area contributed by atoms with E-state index in [0.717, 1.165) is 12.8 Å². The maximum absolute atomic E-state index is 12.6. The van der Waals surface area contributed by atoms with Crippen LogP contribution in [0.15, 0.2) is 36.9 Å². The van der Waals surface area contributed by atoms with Gasteiger partial charge in [-0.05, 0) is 45.7 Å². The number of nitrogens with one attached hydrogen (secondary N) is 3. The molecule has 1 aliphatic rings. The second-order valence-corrected chi connectivity index (χ2v) is 11.2. The fourth-order valence-corrected chi connectivity index (χ4v) is 4.73. The summed E-state index contributed by atoms with van der Waals surface area (Å²) in [7, 11) is 4.82. The zero-order valence-electron chi connectivity index (χ0n) is 25.5. The van der Waals surface area contributed by atoms with Crippen molar-refractivity contribution in [1.29, 1.82) is 0 Å². The molecule has 1 aliphatic heterocycles. The van der Waals surface area contributed by atoms with Crippen molar-refractivity contribution >= 4 is 35.1 Å². The molecule has 1 fully saturated rings. The summed E-state index contributed by atoms with van der Waals surface area (Å²) in [6.07, 6.45) is 6.29. The zero-order valence-corrected chi connectivity index (χ0v) is 25.5. The summed E-state index contributed by atoms with van der Waals surface area (Å²) in [6.45, 7) is 6.72. The number of piperidine rings is 1. The minimum atomic E-state index is -0.533. The second kappa shape index (κ2) is 12.5. The smallest absolute Gasteiger partial charge is 0.410 e. The average Bonchev–Trinajstić information content (AvgIpc) is 3.65. The topological polar surface area (TPSA) is 179 Å². The van der Waals surface area contributed by atoms with Gasteiger partial charge in [0.2, 0.25) is 5.95 Å². The largest absolute Gasteiger partial charge is 0.494 e. The number of nitrogens with zero attached hydrogens (tertiary/aromatic N) is 9. The summed E-state index contributed by atoms with van der Waals surface area (Å²) in [5, 5.41) is 26.0. The van der Waals surface area contributed by atoms with Gasteiger partial charge in [-0.15, -0.1) is 10.2 Å². The van der Waals surface area contributed by atoms with Crippen molar-refractivity contribution in [3.8, 4) is 17.1 Å². The Hall–Kier alpha value is -5.28. The van der Waals surface area contributed by atoms with Crippen molar-refractivity contribution < 1.29 is 19.1 Å². The minimum absolute atomic E-state index is 0.00564. The molecule has 5 rings (SSSR count). The van der Waals surface area contributed by atoms with Crippen LogP contribution in [0.5, 0.6) is 5.75 Å². The Kier molecular flexibility index (Phi) is 8.59. The maximum atomic E-state index is 12.6. The van der Waals surface area contributed by atoms with Crippen LogP contribution < -0.4 is 20.7 Å². The molecule has 1 aromatic carbocycles. The summed E-state index contributed by atoms with van der Waals surface area (Å²) in [6, 6.07) is 5.55. The monoisotopic (exact) mass is 604 g/mol. The number of hydrogen-bond acceptors (Lipinski definition) is 12. The lowest BCUT2D eigenvalue weighted by Crippen LogP contribution is -2.42. The van der Waals surface area contributed by atoms with Crippen molar-refractivity contribution in [3.63, 3.8) is 0 Å². The van der Waals surface area contributed by atoms with Gasteiger partial charge in [0.1, 0.15) is 11.9 Å². The highest BCUT2D eigenvalue weighted by Crippen LogP contribution is 2.36. The standard InChI is InChI=1S/C28H36N12O4/c1-28(2,3)44-27(42)39-12-10-18(11-13-39)40-15-17(14-31-40)32-26-34-24(21(35-36-26)25(41)29-4)33-20-9-7-8-19(22(20)43-6)23-30-16-38(5)37-23/h7-9,14-16,18H,10-13H2,1-6H3,(H,29,41)(H2,32,33,34,36). The van der Waals surface area contributed by atoms with Crippen molar-refractivity contribution in [2.45, 2.75) is 45.3 Å². The molecule has 0 radical (unpaired) electrons. The summed E-state index contributed by atoms with van der Waals surface area (Å²) in [5.41, 5.74) is 1.29. The number of likely N-dealkylation sites (tertiary alicyclic amines) is 1. The van der Waals surface area contributed by atoms with Crippen LogP contribution >= 0.6 is 0 Å². The van der Waals surface area contributed by atoms with E-state index in [2.05, 4.69) is 46.3 Å². The Balaban J connectivity index is 1.32. The van der Waals surface area contributed by atoms with Crippen LogP contribution in [0, 0.1) is 0 Å². The summed E-state index contributed by atoms with van der Waals surface area (Å²) < 4.78 is 14.7. The van der Waals surface area contributed by atoms with Crippen molar-refractivity contribution in [2.75, 3.05) is 37.9 Å². The van der Waals surface area contributed by atoms with E-state index in [1.165, 1.54) is 14.2 Å². The van der Waals surface area contributed by atoms with E-state index >= 15 is 0 Å². The van der Waals surface area contributed by atoms with Gasteiger partial charge < -0.3 is 30.3 Å². The minimum Gasteiger partial charge on any atom is -0.494 e. The third-order valence-electron chi connectivity index (χ3n) is 6.79. The summed E-state index contributed by atoms with van der Waals surface area (Å²) in [5.74, 6) is 0.796. The van der Waals surface area contributed by atoms with Gasteiger partial charge in [0.25, 0.3) is 5.91 Å². The van der Waals surface area contributed by atoms with Crippen molar-refractivity contribution in [2.24, 2.45) is 7.05 Å². The number of aryl methyl sites for hydroxylation is 1. The predicted molar refractivity (Wildman–Crippen MR) is 161 cm³/mol. The number of anilines is 4. The number of ether oxygens (including phenoxy) is 2. The molecule has 1 saturated heterocycles. The predicted octanol–water partition coefficient (Wildman–Crippen LogP) is 3.29. The molecule has 0 aliphatic carbocycles. The van der Waals surface area contributed by atoms with Crippen LogP contribution in [-0.4, -0.2) is 89.5 Å². The van der Waals surface area contributed by atoms with Crippen LogP contribution in [0.1, 0.15) is 50.1 Å². The maximum Gasteiger partial charge on any atom is 0.410 e. The van der Waals surface area contributed by atoms with Gasteiger partial charge in [-0.2, -0.15) is 15.2 Å². The van der Waals surface area contributed by atoms with Crippen LogP contribution in [0.2, 0.25) is 0 Å². The number of aromatic nitrogens is 8. The first-order chi connectivity index (χ1) is 21.0. The van der Waals surface area contributed by atoms with Crippen molar-refractivity contribution in [1.82, 2.24) is 49.9 Å². The van der Waals surface area contributed by atoms with E-state index in [-0.39, 0.29) is 29.6 Å². The van der Waals surface area contributed by atoms with E-state index in [9.17, 15) is 9.59 Å². The molecule has 0 spiro atoms. The molecular weight excluding hydrogens is 568 g/mol. The number of methoxy groups -OCH3 is 1. The van der Waals surface area contributed by atoms with Gasteiger partial charge in [0.05, 0.1) is 36.3 Å². The first-order valence-electron chi connectivity index (χ1n) is 14.1. The molecule has 16 nitrogen and oxygen atoms in total. The van der Waals surface area contributed by atoms with E-state index in [1.54, 1.807) is 35.2 Å². The molecule has 3 N–H and O–H groups in total. The molecule has 4 heterocycles. The van der Waals surface area contributed by atoms with Gasteiger partial charge in [-0.1, -0.05) is 6.07 Å². The van der Waals surface area contributed by atoms with Gasteiger partial charge in [0.15, 0.2) is 23.1 Å². The fraction of sp³-hybridized carbons (Fsp3) is 0.429. The SMILES string of the molecule is CNC(=O)c1nnc(Nc2cnn(C3CCN(C(=O)OC(C)(C)C)CC3)c2)nc1Nc1cccc(-c2ncn(C)n2)c1OC. The highest BCUT2D eigenvalue weighted by atomic mass is 16.6. The second-order valence-electron chi connectivity index (χ2n) is 11.2. The fourth-order valence-electron chi connectivity index (χ4n) is 4.73. The van der Waals surface area contributed by atoms with Crippen molar-refractivity contribution in [3.05, 3.63) is 42.6 Å². The molecule has 232 valence electrons. The highest BCUT2D eigenvalue weighted by molar-refractivity contribution is 5.97. The van der Waals surface area contributed by atoms with Crippen LogP contribution in [0.25, 0.3) is 11.4 Å². The molecule has 44 heavy (non-hydrogen) atoms. The number of benzene rings is 1. The molecule has 0 atom stereocenters. The van der Waals surface area contributed by atoms with Gasteiger partial charge in [-0.25, -0.2) is 9.78 Å². The third kappa shape index (κ3) is 6.85. The lowest BCUT2D eigenvalue weighted by atomic mass is 10.1. The van der Waals surface area contributed by atoms with Gasteiger partial charge in [-0.3, -0.25) is 14.2 Å². The van der Waals surface area contributed by atoms with Crippen LogP contribution in [-0.2, 0) is 11.8 Å². The Morgan fingerprint density at radius 1 is 1.09 bits per heavy atom. The summed E-state index contributed by atoms with van der Waals surface area (Å²) >= 11 is 0. The number of amides is 2. The van der Waals surface area contributed by atoms with E-state index < -0.39 is 11.5 Å². The lowest BCUT2D eigenvalue weighted by molar-refractivity contribution is 0.0184. The number of hydrogen-bond donors (Lipinski definition) is 3. The first-order valence-corrected chi connectivity index (χ1v) is 14.1. The molecule has 2 amide bonds. The van der Waals surface area contributed by atoms with Crippen LogP contribution in [0.4, 0.5) is 27.9 Å². The number of rotatable bonds is 8. The lowest BCUT2D eigenvalue weighted by Gasteiger charge is -2.33. The van der Waals surface area contributed by atoms with E-state index in [4.69, 9.17) is 9.47 Å². The molecular formula is C28H36N12O4. The van der Waals surface area contributed by atoms with E-state index in [0.29, 0.717) is 41.6 Å². The zero-order chi connectivity index (χ0) is 31.4. The first kappa shape index (κ1) is 30.2. The molecule has 0 bridgehead atoms. The number of carbonyl (C=O) groups excluding carboxylic acids is 2. The molecule has 0 unspecified atom stereocenters. The molecule has 4 aromatic rings. The Morgan fingerprint density at radius 2 is 1.86 bits per heavy atom. The Labute approximate surface area is 254 Å². The molecule has 0 saturated carbocycles. The number of para-hydroxylation sites is 1. The quantitative estimate of drug-likeness (QED) is 0.268. The number of carbonyl (C=O) groups is 2. The molecule has 16 heteroatoms. The van der Waals surface area contributed by atoms with E-state index in [1.807, 2.05) is 43.8 Å². The third-order valence-corrected chi connectivity index (χ3v) is 6.79. The van der Waals surface area contributed by atoms with Crippen LogP contribution in [0.3, 0.4) is 0 Å². The molecule has 3 aromatic heterocycles. The normalized spacial score (nSPS) is 13.8. The Bertz CT molecular complexity index is 1640. The highest BCUT2D eigenvalue weighted by Gasteiger charge is 2.28. The van der Waals surface area contributed by atoms with Gasteiger partial charge in [0, 0.05) is 33.4 Å². The average molecular weight is 605 g/mol. The summed E-state index contributed by atoms with van der Waals surface area (Å²) in [4.78, 5) is 35.7. The Morgan fingerprint density at radius 3 is 2.52 bits per heavy atom. The van der Waals surface area contributed by atoms with Gasteiger partial charge >= 0.3 is 6.09 Å².